The van der Waals surface area contributed by atoms with E-state index in [2.05, 4.69) is 20.9 Å². The Bertz CT molecular complexity index is 1080. The molecule has 0 aliphatic carbocycles. The van der Waals surface area contributed by atoms with Gasteiger partial charge in [-0.15, -0.1) is 0 Å². The molecule has 23 heavy (non-hydrogen) atoms. The van der Waals surface area contributed by atoms with Gasteiger partial charge in [0.25, 0.3) is 11.1 Å². The van der Waals surface area contributed by atoms with Crippen molar-refractivity contribution in [3.8, 4) is 0 Å². The first kappa shape index (κ1) is 15.5. The summed E-state index contributed by atoms with van der Waals surface area (Å²) in [5, 5.41) is 0.321. The summed E-state index contributed by atoms with van der Waals surface area (Å²) in [6, 6.07) is 9.18. The predicted octanol–water partition coefficient (Wildman–Crippen LogP) is 1.28. The number of rotatable bonds is 2. The van der Waals surface area contributed by atoms with Crippen molar-refractivity contribution in [2.24, 2.45) is 14.1 Å². The van der Waals surface area contributed by atoms with E-state index in [0.29, 0.717) is 17.4 Å². The molecule has 0 bridgehead atoms. The van der Waals surface area contributed by atoms with Crippen LogP contribution in [0.2, 0.25) is 0 Å². The van der Waals surface area contributed by atoms with Gasteiger partial charge in [0, 0.05) is 30.6 Å². The maximum Gasteiger partial charge on any atom is 0.332 e. The number of hydrogen-bond donors (Lipinski definition) is 1. The Morgan fingerprint density at radius 1 is 1.04 bits per heavy atom. The second kappa shape index (κ2) is 5.66. The Labute approximate surface area is 139 Å². The molecule has 2 heterocycles. The van der Waals surface area contributed by atoms with Crippen molar-refractivity contribution < 1.29 is 0 Å². The van der Waals surface area contributed by atoms with E-state index in [9.17, 15) is 14.4 Å². The number of aryl methyl sites for hydroxylation is 1. The van der Waals surface area contributed by atoms with Crippen molar-refractivity contribution in [1.82, 2.24) is 14.1 Å². The van der Waals surface area contributed by atoms with Gasteiger partial charge in [-0.3, -0.25) is 18.7 Å². The molecule has 0 saturated heterocycles. The molecule has 0 saturated carbocycles. The Morgan fingerprint density at radius 2 is 1.70 bits per heavy atom. The molecular weight excluding hydrogens is 362 g/mol. The van der Waals surface area contributed by atoms with Crippen LogP contribution in [0.1, 0.15) is 11.1 Å². The molecule has 0 fully saturated rings. The first-order chi connectivity index (χ1) is 10.9. The van der Waals surface area contributed by atoms with Gasteiger partial charge >= 0.3 is 5.69 Å². The molecule has 0 amide bonds. The number of pyridine rings is 1. The van der Waals surface area contributed by atoms with Crippen molar-refractivity contribution >= 4 is 27.0 Å². The maximum atomic E-state index is 12.3. The van der Waals surface area contributed by atoms with Crippen LogP contribution in [-0.4, -0.2) is 14.1 Å². The van der Waals surface area contributed by atoms with E-state index in [-0.39, 0.29) is 11.2 Å². The number of halogens is 1. The summed E-state index contributed by atoms with van der Waals surface area (Å²) in [5.74, 6) is 0. The third kappa shape index (κ3) is 2.68. The van der Waals surface area contributed by atoms with E-state index in [1.807, 2.05) is 24.3 Å². The summed E-state index contributed by atoms with van der Waals surface area (Å²) in [6.07, 6.45) is 0.407. The van der Waals surface area contributed by atoms with E-state index in [4.69, 9.17) is 0 Å². The Morgan fingerprint density at radius 3 is 2.35 bits per heavy atom. The number of aromatic amines is 1. The first-order valence-corrected chi connectivity index (χ1v) is 7.74. The van der Waals surface area contributed by atoms with Crippen LogP contribution < -0.4 is 16.8 Å². The van der Waals surface area contributed by atoms with Gasteiger partial charge in [-0.25, -0.2) is 4.79 Å². The lowest BCUT2D eigenvalue weighted by molar-refractivity contribution is 0.706. The van der Waals surface area contributed by atoms with Crippen molar-refractivity contribution in [3.05, 3.63) is 77.1 Å². The zero-order valence-electron chi connectivity index (χ0n) is 12.6. The molecular formula is C16H14BrN3O3. The van der Waals surface area contributed by atoms with Crippen LogP contribution in [0, 0.1) is 0 Å². The summed E-state index contributed by atoms with van der Waals surface area (Å²) in [7, 11) is 2.94. The van der Waals surface area contributed by atoms with Gasteiger partial charge in [0.05, 0.1) is 5.39 Å². The smallest absolute Gasteiger partial charge is 0.307 e. The Hall–Kier alpha value is -2.41. The maximum absolute atomic E-state index is 12.3. The van der Waals surface area contributed by atoms with Crippen LogP contribution in [0.3, 0.4) is 0 Å². The molecule has 2 aromatic heterocycles. The fraction of sp³-hybridized carbons (Fsp3) is 0.188. The lowest BCUT2D eigenvalue weighted by atomic mass is 10.1. The highest BCUT2D eigenvalue weighted by Crippen LogP contribution is 2.13. The SMILES string of the molecule is Cn1c(=O)c2cc(Cc3ccc(Br)cc3)c(=O)[nH]c2n(C)c1=O. The van der Waals surface area contributed by atoms with Gasteiger partial charge in [0.15, 0.2) is 0 Å². The number of benzene rings is 1. The van der Waals surface area contributed by atoms with Crippen molar-refractivity contribution in [2.75, 3.05) is 0 Å². The first-order valence-electron chi connectivity index (χ1n) is 6.95. The number of nitrogens with zero attached hydrogens (tertiary/aromatic N) is 2. The van der Waals surface area contributed by atoms with Gasteiger partial charge in [-0.05, 0) is 23.8 Å². The van der Waals surface area contributed by atoms with Gasteiger partial charge in [-0.1, -0.05) is 28.1 Å². The van der Waals surface area contributed by atoms with E-state index >= 15 is 0 Å². The van der Waals surface area contributed by atoms with Crippen LogP contribution in [0.4, 0.5) is 0 Å². The minimum atomic E-state index is -0.473. The van der Waals surface area contributed by atoms with E-state index in [1.165, 1.54) is 18.7 Å². The van der Waals surface area contributed by atoms with Gasteiger partial charge in [0.2, 0.25) is 0 Å². The standard InChI is InChI=1S/C16H14BrN3O3/c1-19-13-12(15(22)20(2)16(19)23)8-10(14(21)18-13)7-9-3-5-11(17)6-4-9/h3-6,8H,7H2,1-2H3,(H,18,21). The van der Waals surface area contributed by atoms with Gasteiger partial charge < -0.3 is 4.98 Å². The van der Waals surface area contributed by atoms with Crippen LogP contribution in [0.25, 0.3) is 11.0 Å². The van der Waals surface area contributed by atoms with Crippen LogP contribution in [-0.2, 0) is 20.5 Å². The van der Waals surface area contributed by atoms with Crippen LogP contribution >= 0.6 is 15.9 Å². The summed E-state index contributed by atoms with van der Waals surface area (Å²) >= 11 is 3.37. The third-order valence-electron chi connectivity index (χ3n) is 3.85. The minimum Gasteiger partial charge on any atom is -0.307 e. The van der Waals surface area contributed by atoms with E-state index in [0.717, 1.165) is 14.6 Å². The van der Waals surface area contributed by atoms with Gasteiger partial charge in [0.1, 0.15) is 5.65 Å². The number of fused-ring (bicyclic) bond motifs is 1. The second-order valence-corrected chi connectivity index (χ2v) is 6.31. The lowest BCUT2D eigenvalue weighted by Crippen LogP contribution is -2.38. The molecule has 7 heteroatoms. The number of H-pyrrole nitrogens is 1. The van der Waals surface area contributed by atoms with Crippen molar-refractivity contribution in [3.63, 3.8) is 0 Å². The minimum absolute atomic E-state index is 0.239. The van der Waals surface area contributed by atoms with Crippen LogP contribution in [0.5, 0.6) is 0 Å². The monoisotopic (exact) mass is 375 g/mol. The van der Waals surface area contributed by atoms with Crippen LogP contribution in [0.15, 0.2) is 49.2 Å². The largest absolute Gasteiger partial charge is 0.332 e. The number of hydrogen-bond acceptors (Lipinski definition) is 3. The topological polar surface area (TPSA) is 76.9 Å². The Balaban J connectivity index is 2.22. The van der Waals surface area contributed by atoms with E-state index in [1.54, 1.807) is 6.07 Å². The zero-order valence-corrected chi connectivity index (χ0v) is 14.2. The average Bonchev–Trinajstić information content (AvgIpc) is 2.54. The summed E-state index contributed by atoms with van der Waals surface area (Å²) < 4.78 is 3.25. The summed E-state index contributed by atoms with van der Waals surface area (Å²) in [5.41, 5.74) is 0.483. The molecule has 0 atom stereocenters. The molecule has 0 radical (unpaired) electrons. The van der Waals surface area contributed by atoms with Crippen molar-refractivity contribution in [2.45, 2.75) is 6.42 Å². The molecule has 118 valence electrons. The molecule has 1 N–H and O–H groups in total. The number of nitrogens with one attached hydrogen (secondary N) is 1. The molecule has 0 aliphatic heterocycles. The zero-order chi connectivity index (χ0) is 16.7. The average molecular weight is 376 g/mol. The highest BCUT2D eigenvalue weighted by atomic mass is 79.9. The Kier molecular flexibility index (Phi) is 3.81. The predicted molar refractivity (Wildman–Crippen MR) is 92.0 cm³/mol. The van der Waals surface area contributed by atoms with Crippen molar-refractivity contribution in [1.29, 1.82) is 0 Å². The summed E-state index contributed by atoms with van der Waals surface area (Å²) in [6.45, 7) is 0. The van der Waals surface area contributed by atoms with Gasteiger partial charge in [-0.2, -0.15) is 0 Å². The normalized spacial score (nSPS) is 11.1. The molecule has 0 spiro atoms. The molecule has 3 aromatic rings. The molecule has 1 aromatic carbocycles. The number of aromatic nitrogens is 3. The third-order valence-corrected chi connectivity index (χ3v) is 4.38. The second-order valence-electron chi connectivity index (χ2n) is 5.39. The lowest BCUT2D eigenvalue weighted by Gasteiger charge is -2.08. The van der Waals surface area contributed by atoms with E-state index < -0.39 is 11.2 Å². The highest BCUT2D eigenvalue weighted by Gasteiger charge is 2.12. The molecule has 0 unspecified atom stereocenters. The fourth-order valence-electron chi connectivity index (χ4n) is 2.53. The summed E-state index contributed by atoms with van der Waals surface area (Å²) in [4.78, 5) is 39.1. The fourth-order valence-corrected chi connectivity index (χ4v) is 2.80. The highest BCUT2D eigenvalue weighted by molar-refractivity contribution is 9.10. The molecule has 6 nitrogen and oxygen atoms in total. The molecule has 0 aliphatic rings. The quantitative estimate of drug-likeness (QED) is 0.732. The molecule has 3 rings (SSSR count).